The number of fused-ring (bicyclic) bond motifs is 1. The Balaban J connectivity index is 0.00000242. The third kappa shape index (κ3) is 8.86. The summed E-state index contributed by atoms with van der Waals surface area (Å²) in [7, 11) is 0. The molecule has 0 fully saturated rings. The van der Waals surface area contributed by atoms with Gasteiger partial charge in [-0.1, -0.05) is 74.4 Å². The normalized spacial score (nSPS) is 14.7. The fourth-order valence-corrected chi connectivity index (χ4v) is 3.65. The van der Waals surface area contributed by atoms with Gasteiger partial charge in [0.1, 0.15) is 0 Å². The van der Waals surface area contributed by atoms with Gasteiger partial charge in [0.25, 0.3) is 11.8 Å². The molecule has 5 heteroatoms. The number of benzene rings is 1. The summed E-state index contributed by atoms with van der Waals surface area (Å²) in [5.41, 5.74) is -0.141. The fourth-order valence-electron chi connectivity index (χ4n) is 3.65. The summed E-state index contributed by atoms with van der Waals surface area (Å²) in [5.74, 6) is -0.0388. The number of aliphatic hydroxyl groups is 1. The quantitative estimate of drug-likeness (QED) is 0.397. The van der Waals surface area contributed by atoms with Crippen molar-refractivity contribution >= 4 is 11.8 Å². The van der Waals surface area contributed by atoms with E-state index in [0.29, 0.717) is 36.8 Å². The average molecular weight is 464 g/mol. The van der Waals surface area contributed by atoms with E-state index >= 15 is 0 Å². The molecule has 0 saturated carbocycles. The number of rotatable bonds is 10. The second-order valence-electron chi connectivity index (χ2n) is 10.5. The van der Waals surface area contributed by atoms with Crippen LogP contribution in [0.2, 0.25) is 0 Å². The molecule has 0 saturated heterocycles. The number of nitrogens with zero attached hydrogens (tertiary/aromatic N) is 1. The minimum Gasteiger partial charge on any atom is -0.390 e. The summed E-state index contributed by atoms with van der Waals surface area (Å²) >= 11 is 0. The summed E-state index contributed by atoms with van der Waals surface area (Å²) in [6, 6.07) is 7.02. The minimum absolute atomic E-state index is 0.0239. The van der Waals surface area contributed by atoms with E-state index in [4.69, 9.17) is 4.74 Å². The molecule has 2 rings (SSSR count). The van der Waals surface area contributed by atoms with Crippen molar-refractivity contribution in [2.75, 3.05) is 19.8 Å². The van der Waals surface area contributed by atoms with Crippen molar-refractivity contribution in [2.24, 2.45) is 16.7 Å². The molecule has 1 N–H and O–H groups in total. The lowest BCUT2D eigenvalue weighted by Gasteiger charge is -2.37. The van der Waals surface area contributed by atoms with Crippen LogP contribution < -0.4 is 0 Å². The van der Waals surface area contributed by atoms with Gasteiger partial charge in [-0.05, 0) is 50.2 Å². The highest BCUT2D eigenvalue weighted by Gasteiger charge is 2.37. The van der Waals surface area contributed by atoms with Gasteiger partial charge in [-0.2, -0.15) is 0 Å². The summed E-state index contributed by atoms with van der Waals surface area (Å²) in [5, 5.41) is 10.2. The minimum atomic E-state index is -0.804. The molecule has 0 aliphatic carbocycles. The first-order valence-corrected chi connectivity index (χ1v) is 12.5. The molecule has 1 atom stereocenters. The predicted molar refractivity (Wildman–Crippen MR) is 138 cm³/mol. The smallest absolute Gasteiger partial charge is 0.261 e. The molecule has 5 nitrogen and oxygen atoms in total. The standard InChI is InChI=1S/C24H37NO4.2C2H6/c1-17(15-29-16-23(4,5)24(6,7)28)14-22(2,3)12-13-25-20(26)18-10-8-9-11-19(18)21(25)27;2*1-2/h8-11,17,28H,12-16H2,1-7H3;2*1-2H3. The molecule has 1 heterocycles. The van der Waals surface area contributed by atoms with Crippen LogP contribution in [0.1, 0.15) is 110 Å². The maximum absolute atomic E-state index is 12.5. The number of imide groups is 1. The molecule has 0 spiro atoms. The van der Waals surface area contributed by atoms with Gasteiger partial charge in [0.15, 0.2) is 0 Å². The van der Waals surface area contributed by atoms with Crippen LogP contribution in [0.25, 0.3) is 0 Å². The summed E-state index contributed by atoms with van der Waals surface area (Å²) < 4.78 is 5.91. The molecule has 1 aromatic rings. The Kier molecular flexibility index (Phi) is 12.5. The Hall–Kier alpha value is -1.72. The maximum atomic E-state index is 12.5. The van der Waals surface area contributed by atoms with Gasteiger partial charge >= 0.3 is 0 Å². The maximum Gasteiger partial charge on any atom is 0.261 e. The van der Waals surface area contributed by atoms with Gasteiger partial charge in [0.05, 0.1) is 23.3 Å². The third-order valence-corrected chi connectivity index (χ3v) is 6.31. The summed E-state index contributed by atoms with van der Waals surface area (Å²) in [6.07, 6.45) is 1.68. The number of carbonyl (C=O) groups is 2. The third-order valence-electron chi connectivity index (χ3n) is 6.31. The van der Waals surface area contributed by atoms with Crippen LogP contribution in [0.15, 0.2) is 24.3 Å². The lowest BCUT2D eigenvalue weighted by atomic mass is 9.78. The van der Waals surface area contributed by atoms with Crippen LogP contribution in [0.5, 0.6) is 0 Å². The van der Waals surface area contributed by atoms with E-state index in [-0.39, 0.29) is 22.6 Å². The monoisotopic (exact) mass is 463 g/mol. The van der Waals surface area contributed by atoms with Crippen molar-refractivity contribution in [3.63, 3.8) is 0 Å². The lowest BCUT2D eigenvalue weighted by Crippen LogP contribution is -2.42. The van der Waals surface area contributed by atoms with Gasteiger partial charge in [-0.25, -0.2) is 0 Å². The molecule has 1 aliphatic rings. The summed E-state index contributed by atoms with van der Waals surface area (Å²) in [6.45, 7) is 23.7. The number of hydrogen-bond acceptors (Lipinski definition) is 4. The van der Waals surface area contributed by atoms with Crippen LogP contribution in [0.3, 0.4) is 0 Å². The van der Waals surface area contributed by atoms with Gasteiger partial charge in [0.2, 0.25) is 0 Å². The Morgan fingerprint density at radius 1 is 0.909 bits per heavy atom. The van der Waals surface area contributed by atoms with Crippen LogP contribution in [0, 0.1) is 16.7 Å². The molecule has 0 aromatic heterocycles. The van der Waals surface area contributed by atoms with Crippen LogP contribution in [-0.4, -0.2) is 47.2 Å². The van der Waals surface area contributed by atoms with E-state index in [9.17, 15) is 14.7 Å². The zero-order valence-electron chi connectivity index (χ0n) is 23.0. The second kappa shape index (κ2) is 13.2. The van der Waals surface area contributed by atoms with E-state index in [1.165, 1.54) is 4.90 Å². The SMILES string of the molecule is CC.CC.CC(COCC(C)(C)C(C)(C)O)CC(C)(C)CCN1C(=O)c2ccccc2C1=O. The molecule has 33 heavy (non-hydrogen) atoms. The number of carbonyl (C=O) groups excluding carboxylic acids is 2. The van der Waals surface area contributed by atoms with Crippen molar-refractivity contribution in [1.82, 2.24) is 4.90 Å². The first-order valence-electron chi connectivity index (χ1n) is 12.5. The van der Waals surface area contributed by atoms with Crippen molar-refractivity contribution in [3.05, 3.63) is 35.4 Å². The van der Waals surface area contributed by atoms with Crippen molar-refractivity contribution in [2.45, 2.75) is 94.6 Å². The Morgan fingerprint density at radius 3 is 1.79 bits per heavy atom. The molecule has 2 amide bonds. The van der Waals surface area contributed by atoms with E-state index in [1.54, 1.807) is 24.3 Å². The van der Waals surface area contributed by atoms with E-state index in [0.717, 1.165) is 12.8 Å². The molecule has 1 aromatic carbocycles. The van der Waals surface area contributed by atoms with Gasteiger partial charge in [-0.3, -0.25) is 14.5 Å². The molecule has 0 radical (unpaired) electrons. The van der Waals surface area contributed by atoms with E-state index < -0.39 is 5.60 Å². The predicted octanol–water partition coefficient (Wildman–Crippen LogP) is 6.59. The first kappa shape index (κ1) is 31.3. The van der Waals surface area contributed by atoms with Gasteiger partial charge in [-0.15, -0.1) is 0 Å². The lowest BCUT2D eigenvalue weighted by molar-refractivity contribution is -0.0854. The molecule has 190 valence electrons. The van der Waals surface area contributed by atoms with Crippen molar-refractivity contribution < 1.29 is 19.4 Å². The highest BCUT2D eigenvalue weighted by Crippen LogP contribution is 2.33. The van der Waals surface area contributed by atoms with Crippen LogP contribution >= 0.6 is 0 Å². The van der Waals surface area contributed by atoms with Crippen LogP contribution in [0.4, 0.5) is 0 Å². The number of amides is 2. The van der Waals surface area contributed by atoms with Crippen LogP contribution in [-0.2, 0) is 4.74 Å². The fraction of sp³-hybridized carbons (Fsp3) is 0.714. The van der Waals surface area contributed by atoms with E-state index in [2.05, 4.69) is 20.8 Å². The molecular weight excluding hydrogens is 414 g/mol. The number of ether oxygens (including phenoxy) is 1. The van der Waals surface area contributed by atoms with Crippen molar-refractivity contribution in [3.8, 4) is 0 Å². The zero-order valence-corrected chi connectivity index (χ0v) is 23.0. The molecular formula is C28H49NO4. The topological polar surface area (TPSA) is 66.8 Å². The zero-order chi connectivity index (χ0) is 26.0. The Labute approximate surface area is 202 Å². The average Bonchev–Trinajstić information content (AvgIpc) is 2.98. The highest BCUT2D eigenvalue weighted by atomic mass is 16.5. The molecule has 1 unspecified atom stereocenters. The van der Waals surface area contributed by atoms with E-state index in [1.807, 2.05) is 55.4 Å². The van der Waals surface area contributed by atoms with Crippen molar-refractivity contribution in [1.29, 1.82) is 0 Å². The first-order chi connectivity index (χ1) is 15.3. The number of hydrogen-bond donors (Lipinski definition) is 1. The largest absolute Gasteiger partial charge is 0.390 e. The second-order valence-corrected chi connectivity index (χ2v) is 10.5. The Morgan fingerprint density at radius 2 is 1.36 bits per heavy atom. The van der Waals surface area contributed by atoms with Gasteiger partial charge < -0.3 is 9.84 Å². The summed E-state index contributed by atoms with van der Waals surface area (Å²) in [4.78, 5) is 26.4. The van der Waals surface area contributed by atoms with Gasteiger partial charge in [0, 0.05) is 18.6 Å². The highest BCUT2D eigenvalue weighted by molar-refractivity contribution is 6.21. The molecule has 0 bridgehead atoms. The Bertz CT molecular complexity index is 712. The molecule has 1 aliphatic heterocycles.